The van der Waals surface area contributed by atoms with Gasteiger partial charge in [0.05, 0.1) is 0 Å². The molecule has 1 heteroatoms. The Balaban J connectivity index is 0. The van der Waals surface area contributed by atoms with E-state index >= 15 is 0 Å². The number of thiol groups is 1. The van der Waals surface area contributed by atoms with Gasteiger partial charge >= 0.3 is 0 Å². The van der Waals surface area contributed by atoms with Crippen LogP contribution in [0.2, 0.25) is 0 Å². The summed E-state index contributed by atoms with van der Waals surface area (Å²) in [5.74, 6) is 0.712. The molecule has 0 nitrogen and oxygen atoms in total. The summed E-state index contributed by atoms with van der Waals surface area (Å²) >= 11 is 3.92. The second-order valence-electron chi connectivity index (χ2n) is 1.72. The second kappa shape index (κ2) is 11.4. The molecule has 0 unspecified atom stereocenters. The first kappa shape index (κ1) is 12.3. The third-order valence-corrected chi connectivity index (χ3v) is 1.19. The molecule has 0 aromatic heterocycles. The monoisotopic (exact) mass is 156 g/mol. The van der Waals surface area contributed by atoms with Crippen LogP contribution in [-0.4, -0.2) is 5.75 Å². The summed E-state index contributed by atoms with van der Waals surface area (Å²) in [4.78, 5) is 0. The van der Waals surface area contributed by atoms with Crippen LogP contribution in [0.15, 0.2) is 37.5 Å². The van der Waals surface area contributed by atoms with Gasteiger partial charge in [-0.2, -0.15) is 12.6 Å². The number of rotatable bonds is 3. The minimum absolute atomic E-state index is 0.712. The van der Waals surface area contributed by atoms with Crippen molar-refractivity contribution in [3.05, 3.63) is 37.5 Å². The minimum Gasteiger partial charge on any atom is -0.175 e. The zero-order valence-corrected chi connectivity index (χ0v) is 7.53. The van der Waals surface area contributed by atoms with Gasteiger partial charge in [-0.15, -0.1) is 6.58 Å². The van der Waals surface area contributed by atoms with Crippen LogP contribution < -0.4 is 0 Å². The third kappa shape index (κ3) is 15.6. The molecule has 10 heavy (non-hydrogen) atoms. The van der Waals surface area contributed by atoms with E-state index in [1.807, 2.05) is 6.08 Å². The van der Waals surface area contributed by atoms with E-state index in [-0.39, 0.29) is 0 Å². The summed E-state index contributed by atoms with van der Waals surface area (Å²) in [5.41, 5.74) is 0.971. The van der Waals surface area contributed by atoms with Gasteiger partial charge in [0.25, 0.3) is 0 Å². The Morgan fingerprint density at radius 2 is 1.90 bits per heavy atom. The average molecular weight is 156 g/mol. The zero-order valence-electron chi connectivity index (χ0n) is 6.64. The molecule has 58 valence electrons. The number of hydrogen-bond acceptors (Lipinski definition) is 1. The molecule has 0 amide bonds. The first-order valence-electron chi connectivity index (χ1n) is 3.24. The second-order valence-corrected chi connectivity index (χ2v) is 2.03. The van der Waals surface area contributed by atoms with Crippen molar-refractivity contribution in [2.75, 3.05) is 5.75 Å². The van der Waals surface area contributed by atoms with Crippen LogP contribution in [0, 0.1) is 0 Å². The number of hydrogen-bond donors (Lipinski definition) is 1. The van der Waals surface area contributed by atoms with E-state index in [9.17, 15) is 0 Å². The largest absolute Gasteiger partial charge is 0.175 e. The summed E-state index contributed by atoms with van der Waals surface area (Å²) in [5, 5.41) is 0. The molecule has 0 bridgehead atoms. The first-order valence-corrected chi connectivity index (χ1v) is 3.88. The summed E-state index contributed by atoms with van der Waals surface area (Å²) in [6, 6.07) is 0. The van der Waals surface area contributed by atoms with Gasteiger partial charge < -0.3 is 0 Å². The Hall–Kier alpha value is -0.430. The van der Waals surface area contributed by atoms with Crippen LogP contribution in [0.1, 0.15) is 13.3 Å². The van der Waals surface area contributed by atoms with Crippen LogP contribution >= 0.6 is 12.6 Å². The van der Waals surface area contributed by atoms with Crippen molar-refractivity contribution in [2.24, 2.45) is 0 Å². The van der Waals surface area contributed by atoms with Crippen LogP contribution in [-0.2, 0) is 0 Å². The van der Waals surface area contributed by atoms with Crippen molar-refractivity contribution < 1.29 is 0 Å². The van der Waals surface area contributed by atoms with Crippen LogP contribution in [0.25, 0.3) is 0 Å². The van der Waals surface area contributed by atoms with Crippen LogP contribution in [0.4, 0.5) is 0 Å². The van der Waals surface area contributed by atoms with Crippen molar-refractivity contribution in [1.82, 2.24) is 0 Å². The SMILES string of the molecule is C=CC(=C)CS.C=CCC. The standard InChI is InChI=1S/C5H8S.C4H8/c1-3-5(2)4-6;1-3-4-2/h3,6H,1-2,4H2;3H,1,4H2,2H3. The highest BCUT2D eigenvalue weighted by atomic mass is 32.1. The third-order valence-electron chi connectivity index (χ3n) is 0.780. The Morgan fingerprint density at radius 1 is 1.50 bits per heavy atom. The maximum Gasteiger partial charge on any atom is 0.0148 e. The Labute approximate surface area is 69.8 Å². The Bertz CT molecular complexity index is 103. The average Bonchev–Trinajstić information content (AvgIpc) is 2.03. The molecular weight excluding hydrogens is 140 g/mol. The predicted octanol–water partition coefficient (Wildman–Crippen LogP) is 3.24. The Morgan fingerprint density at radius 3 is 1.90 bits per heavy atom. The highest BCUT2D eigenvalue weighted by Gasteiger charge is 1.73. The normalized spacial score (nSPS) is 7.00. The molecule has 0 aromatic carbocycles. The zero-order chi connectivity index (χ0) is 8.41. The van der Waals surface area contributed by atoms with E-state index in [2.05, 4.69) is 39.3 Å². The molecule has 0 aromatic rings. The molecule has 0 rings (SSSR count). The maximum atomic E-state index is 3.92. The van der Waals surface area contributed by atoms with Gasteiger partial charge in [-0.25, -0.2) is 0 Å². The molecule has 0 heterocycles. The van der Waals surface area contributed by atoms with E-state index in [0.29, 0.717) is 5.75 Å². The lowest BCUT2D eigenvalue weighted by Crippen LogP contribution is -1.69. The van der Waals surface area contributed by atoms with Crippen molar-refractivity contribution in [2.45, 2.75) is 13.3 Å². The lowest BCUT2D eigenvalue weighted by molar-refractivity contribution is 1.23. The number of allylic oxidation sites excluding steroid dienone is 2. The van der Waals surface area contributed by atoms with Gasteiger partial charge in [-0.3, -0.25) is 0 Å². The van der Waals surface area contributed by atoms with Gasteiger partial charge in [-0.1, -0.05) is 32.2 Å². The summed E-state index contributed by atoms with van der Waals surface area (Å²) in [7, 11) is 0. The van der Waals surface area contributed by atoms with Crippen molar-refractivity contribution >= 4 is 12.6 Å². The molecule has 0 aliphatic heterocycles. The summed E-state index contributed by atoms with van der Waals surface area (Å²) < 4.78 is 0. The topological polar surface area (TPSA) is 0 Å². The van der Waals surface area contributed by atoms with E-state index in [1.54, 1.807) is 6.08 Å². The van der Waals surface area contributed by atoms with E-state index in [0.717, 1.165) is 12.0 Å². The van der Waals surface area contributed by atoms with Gasteiger partial charge in [0.1, 0.15) is 0 Å². The van der Waals surface area contributed by atoms with Crippen LogP contribution in [0.3, 0.4) is 0 Å². The highest BCUT2D eigenvalue weighted by molar-refractivity contribution is 7.80. The quantitative estimate of drug-likeness (QED) is 0.362. The molecule has 0 saturated heterocycles. The molecule has 0 N–H and O–H groups in total. The predicted molar refractivity (Wildman–Crippen MR) is 53.7 cm³/mol. The fraction of sp³-hybridized carbons (Fsp3) is 0.333. The van der Waals surface area contributed by atoms with Crippen LogP contribution in [0.5, 0.6) is 0 Å². The van der Waals surface area contributed by atoms with E-state index in [4.69, 9.17) is 0 Å². The van der Waals surface area contributed by atoms with E-state index in [1.165, 1.54) is 0 Å². The summed E-state index contributed by atoms with van der Waals surface area (Å²) in [6.07, 6.45) is 4.66. The fourth-order valence-corrected chi connectivity index (χ4v) is 0.194. The van der Waals surface area contributed by atoms with Gasteiger partial charge in [0, 0.05) is 5.75 Å². The molecule has 0 aliphatic carbocycles. The van der Waals surface area contributed by atoms with Crippen molar-refractivity contribution in [3.63, 3.8) is 0 Å². The highest BCUT2D eigenvalue weighted by Crippen LogP contribution is 1.90. The maximum absolute atomic E-state index is 3.92. The van der Waals surface area contributed by atoms with Gasteiger partial charge in [0.15, 0.2) is 0 Å². The Kier molecular flexibility index (Phi) is 14.0. The molecule has 0 radical (unpaired) electrons. The minimum atomic E-state index is 0.712. The van der Waals surface area contributed by atoms with E-state index < -0.39 is 0 Å². The molecule has 0 spiro atoms. The van der Waals surface area contributed by atoms with Gasteiger partial charge in [-0.05, 0) is 12.0 Å². The molecule has 0 fully saturated rings. The smallest absolute Gasteiger partial charge is 0.0148 e. The molecular formula is C9H16S. The summed E-state index contributed by atoms with van der Waals surface area (Å²) in [6.45, 7) is 12.6. The first-order chi connectivity index (χ1) is 4.72. The van der Waals surface area contributed by atoms with Crippen molar-refractivity contribution in [3.8, 4) is 0 Å². The lowest BCUT2D eigenvalue weighted by Gasteiger charge is -1.82. The van der Waals surface area contributed by atoms with Gasteiger partial charge in [0.2, 0.25) is 0 Å². The molecule has 0 aliphatic rings. The molecule has 0 atom stereocenters. The van der Waals surface area contributed by atoms with Crippen molar-refractivity contribution in [1.29, 1.82) is 0 Å². The molecule has 0 saturated carbocycles. The fourth-order valence-electron chi connectivity index (χ4n) is 0.0645. The lowest BCUT2D eigenvalue weighted by atomic mass is 10.4.